The van der Waals surface area contributed by atoms with Crippen LogP contribution in [-0.2, 0) is 18.5 Å². The molecule has 2 heterocycles. The molecule has 0 saturated heterocycles. The van der Waals surface area contributed by atoms with Gasteiger partial charge >= 0.3 is 0 Å². The number of aromatic amines is 1. The molecular weight excluding hydrogens is 352 g/mol. The first-order chi connectivity index (χ1) is 13.5. The van der Waals surface area contributed by atoms with Crippen molar-refractivity contribution in [2.75, 3.05) is 6.61 Å². The molecule has 0 amide bonds. The standard InChI is InChI=1S/C22H28N4O2/c1-5-27-18-8-6-7-9-19(18)28-20-11-10-16(13-24-20)12-23-14-17-15-25-26-21(17)22(2,3)4/h6-11,13,15,23H,5,12,14H2,1-4H3,(H,25,26). The lowest BCUT2D eigenvalue weighted by Crippen LogP contribution is -2.19. The molecule has 0 bridgehead atoms. The molecule has 6 heteroatoms. The van der Waals surface area contributed by atoms with E-state index in [9.17, 15) is 0 Å². The highest BCUT2D eigenvalue weighted by Gasteiger charge is 2.19. The molecule has 2 N–H and O–H groups in total. The molecule has 0 fully saturated rings. The van der Waals surface area contributed by atoms with Crippen LogP contribution in [-0.4, -0.2) is 21.8 Å². The van der Waals surface area contributed by atoms with Gasteiger partial charge in [-0.15, -0.1) is 0 Å². The fourth-order valence-corrected chi connectivity index (χ4v) is 2.93. The van der Waals surface area contributed by atoms with E-state index in [4.69, 9.17) is 9.47 Å². The molecule has 28 heavy (non-hydrogen) atoms. The van der Waals surface area contributed by atoms with Crippen molar-refractivity contribution in [2.45, 2.75) is 46.2 Å². The molecule has 1 aromatic carbocycles. The van der Waals surface area contributed by atoms with Crippen LogP contribution < -0.4 is 14.8 Å². The average molecular weight is 380 g/mol. The van der Waals surface area contributed by atoms with Crippen LogP contribution in [0.2, 0.25) is 0 Å². The summed E-state index contributed by atoms with van der Waals surface area (Å²) in [6.45, 7) is 10.5. The van der Waals surface area contributed by atoms with Crippen LogP contribution in [0.5, 0.6) is 17.4 Å². The molecule has 6 nitrogen and oxygen atoms in total. The largest absolute Gasteiger partial charge is 0.490 e. The van der Waals surface area contributed by atoms with Gasteiger partial charge in [0.25, 0.3) is 0 Å². The summed E-state index contributed by atoms with van der Waals surface area (Å²) in [4.78, 5) is 4.41. The Balaban J connectivity index is 1.56. The van der Waals surface area contributed by atoms with Gasteiger partial charge in [-0.05, 0) is 24.6 Å². The average Bonchev–Trinajstić information content (AvgIpc) is 3.14. The highest BCUT2D eigenvalue weighted by molar-refractivity contribution is 5.41. The van der Waals surface area contributed by atoms with Gasteiger partial charge in [-0.3, -0.25) is 5.10 Å². The van der Waals surface area contributed by atoms with E-state index in [1.165, 1.54) is 5.56 Å². The number of nitrogens with one attached hydrogen (secondary N) is 2. The first-order valence-corrected chi connectivity index (χ1v) is 9.55. The molecule has 3 aromatic rings. The van der Waals surface area contributed by atoms with Gasteiger partial charge in [0.2, 0.25) is 5.88 Å². The number of para-hydroxylation sites is 2. The molecule has 0 aliphatic rings. The summed E-state index contributed by atoms with van der Waals surface area (Å²) in [6.07, 6.45) is 3.71. The zero-order chi connectivity index (χ0) is 20.0. The van der Waals surface area contributed by atoms with Crippen molar-refractivity contribution in [2.24, 2.45) is 0 Å². The predicted octanol–water partition coefficient (Wildman–Crippen LogP) is 4.58. The first kappa shape index (κ1) is 19.9. The maximum Gasteiger partial charge on any atom is 0.219 e. The van der Waals surface area contributed by atoms with Crippen molar-refractivity contribution in [3.8, 4) is 17.4 Å². The topological polar surface area (TPSA) is 72.1 Å². The number of hydrogen-bond acceptors (Lipinski definition) is 5. The van der Waals surface area contributed by atoms with Gasteiger partial charge in [0.1, 0.15) is 0 Å². The third-order valence-electron chi connectivity index (χ3n) is 4.27. The molecule has 148 valence electrons. The van der Waals surface area contributed by atoms with E-state index in [-0.39, 0.29) is 5.41 Å². The van der Waals surface area contributed by atoms with Crippen LogP contribution in [0.1, 0.15) is 44.5 Å². The van der Waals surface area contributed by atoms with Gasteiger partial charge in [0.15, 0.2) is 11.5 Å². The zero-order valence-electron chi connectivity index (χ0n) is 17.0. The Labute approximate surface area is 166 Å². The van der Waals surface area contributed by atoms with Gasteiger partial charge < -0.3 is 14.8 Å². The van der Waals surface area contributed by atoms with Crippen LogP contribution in [0.25, 0.3) is 0 Å². The van der Waals surface area contributed by atoms with E-state index >= 15 is 0 Å². The van der Waals surface area contributed by atoms with E-state index in [0.717, 1.165) is 24.3 Å². The lowest BCUT2D eigenvalue weighted by Gasteiger charge is -2.18. The van der Waals surface area contributed by atoms with E-state index in [0.29, 0.717) is 24.0 Å². The lowest BCUT2D eigenvalue weighted by molar-refractivity contribution is 0.319. The van der Waals surface area contributed by atoms with Crippen LogP contribution in [0, 0.1) is 0 Å². The zero-order valence-corrected chi connectivity index (χ0v) is 17.0. The van der Waals surface area contributed by atoms with Crippen molar-refractivity contribution < 1.29 is 9.47 Å². The Bertz CT molecular complexity index is 882. The quantitative estimate of drug-likeness (QED) is 0.598. The predicted molar refractivity (Wildman–Crippen MR) is 110 cm³/mol. The Hall–Kier alpha value is -2.86. The molecule has 0 aliphatic carbocycles. The Kier molecular flexibility index (Phi) is 6.31. The third-order valence-corrected chi connectivity index (χ3v) is 4.27. The maximum absolute atomic E-state index is 5.86. The first-order valence-electron chi connectivity index (χ1n) is 9.55. The maximum atomic E-state index is 5.86. The van der Waals surface area contributed by atoms with E-state index < -0.39 is 0 Å². The van der Waals surface area contributed by atoms with Crippen molar-refractivity contribution >= 4 is 0 Å². The summed E-state index contributed by atoms with van der Waals surface area (Å²) >= 11 is 0. The number of H-pyrrole nitrogens is 1. The summed E-state index contributed by atoms with van der Waals surface area (Å²) in [5.74, 6) is 1.92. The second-order valence-corrected chi connectivity index (χ2v) is 7.61. The Morgan fingerprint density at radius 3 is 2.46 bits per heavy atom. The second kappa shape index (κ2) is 8.89. The minimum Gasteiger partial charge on any atom is -0.490 e. The summed E-state index contributed by atoms with van der Waals surface area (Å²) in [5, 5.41) is 10.7. The van der Waals surface area contributed by atoms with Crippen LogP contribution >= 0.6 is 0 Å². The smallest absolute Gasteiger partial charge is 0.219 e. The number of hydrogen-bond donors (Lipinski definition) is 2. The number of benzene rings is 1. The second-order valence-electron chi connectivity index (χ2n) is 7.61. The van der Waals surface area contributed by atoms with E-state index in [1.54, 1.807) is 0 Å². The molecule has 0 atom stereocenters. The van der Waals surface area contributed by atoms with Crippen molar-refractivity contribution in [1.82, 2.24) is 20.5 Å². The Morgan fingerprint density at radius 2 is 1.79 bits per heavy atom. The monoisotopic (exact) mass is 380 g/mol. The van der Waals surface area contributed by atoms with Gasteiger partial charge in [0, 0.05) is 42.0 Å². The Morgan fingerprint density at radius 1 is 1.00 bits per heavy atom. The molecular formula is C22H28N4O2. The summed E-state index contributed by atoms with van der Waals surface area (Å²) in [7, 11) is 0. The fourth-order valence-electron chi connectivity index (χ4n) is 2.93. The number of pyridine rings is 1. The normalized spacial score (nSPS) is 11.4. The number of aromatic nitrogens is 3. The fraction of sp³-hybridized carbons (Fsp3) is 0.364. The van der Waals surface area contributed by atoms with Gasteiger partial charge in [-0.1, -0.05) is 39.0 Å². The summed E-state index contributed by atoms with van der Waals surface area (Å²) in [5.41, 5.74) is 3.49. The van der Waals surface area contributed by atoms with Crippen LogP contribution in [0.4, 0.5) is 0 Å². The number of nitrogens with zero attached hydrogens (tertiary/aromatic N) is 2. The van der Waals surface area contributed by atoms with Crippen LogP contribution in [0.15, 0.2) is 48.8 Å². The van der Waals surface area contributed by atoms with Gasteiger partial charge in [-0.2, -0.15) is 5.10 Å². The SMILES string of the molecule is CCOc1ccccc1Oc1ccc(CNCc2cn[nH]c2C(C)(C)C)cn1. The molecule has 3 rings (SSSR count). The van der Waals surface area contributed by atoms with Crippen molar-refractivity contribution in [3.05, 3.63) is 65.6 Å². The van der Waals surface area contributed by atoms with Gasteiger partial charge in [0.05, 0.1) is 12.8 Å². The third kappa shape index (κ3) is 5.10. The van der Waals surface area contributed by atoms with Crippen molar-refractivity contribution in [3.63, 3.8) is 0 Å². The molecule has 0 spiro atoms. The van der Waals surface area contributed by atoms with E-state index in [1.807, 2.05) is 55.7 Å². The van der Waals surface area contributed by atoms with E-state index in [2.05, 4.69) is 41.3 Å². The lowest BCUT2D eigenvalue weighted by atomic mass is 9.89. The number of rotatable bonds is 8. The minimum atomic E-state index is 0.0475. The number of ether oxygens (including phenoxy) is 2. The van der Waals surface area contributed by atoms with Gasteiger partial charge in [-0.25, -0.2) is 4.98 Å². The molecule has 2 aromatic heterocycles. The highest BCUT2D eigenvalue weighted by Crippen LogP contribution is 2.30. The summed E-state index contributed by atoms with van der Waals surface area (Å²) < 4.78 is 11.4. The minimum absolute atomic E-state index is 0.0475. The molecule has 0 radical (unpaired) electrons. The highest BCUT2D eigenvalue weighted by atomic mass is 16.5. The molecule has 0 saturated carbocycles. The molecule has 0 aliphatic heterocycles. The molecule has 0 unspecified atom stereocenters. The summed E-state index contributed by atoms with van der Waals surface area (Å²) in [6, 6.07) is 11.5. The van der Waals surface area contributed by atoms with Crippen molar-refractivity contribution in [1.29, 1.82) is 0 Å². The van der Waals surface area contributed by atoms with Crippen LogP contribution in [0.3, 0.4) is 0 Å².